The van der Waals surface area contributed by atoms with Crippen LogP contribution in [0.25, 0.3) is 0 Å². The Labute approximate surface area is 174 Å². The van der Waals surface area contributed by atoms with Gasteiger partial charge in [0, 0.05) is 38.9 Å². The number of halogens is 1. The van der Waals surface area contributed by atoms with Crippen molar-refractivity contribution in [1.82, 2.24) is 14.6 Å². The number of aromatic nitrogens is 1. The fourth-order valence-electron chi connectivity index (χ4n) is 3.08. The highest BCUT2D eigenvalue weighted by Crippen LogP contribution is 2.27. The highest BCUT2D eigenvalue weighted by atomic mass is 79.9. The van der Waals surface area contributed by atoms with Crippen molar-refractivity contribution in [3.63, 3.8) is 0 Å². The van der Waals surface area contributed by atoms with Gasteiger partial charge in [0.05, 0.1) is 16.5 Å². The number of likely N-dealkylation sites (N-methyl/N-ethyl adjacent to an activating group) is 1. The van der Waals surface area contributed by atoms with Crippen LogP contribution in [0.15, 0.2) is 45.9 Å². The number of sulfonamides is 1. The highest BCUT2D eigenvalue weighted by Gasteiger charge is 2.18. The maximum atomic E-state index is 12.5. The lowest BCUT2D eigenvalue weighted by molar-refractivity contribution is 0.270. The molecule has 0 aliphatic carbocycles. The number of pyridine rings is 1. The van der Waals surface area contributed by atoms with Gasteiger partial charge in [0.2, 0.25) is 10.0 Å². The SMILES string of the molecule is CCN1CCN(c2ccc(CNS(=O)(=O)c3ccc(OC)c(Br)c3)cn2)CC1. The number of methoxy groups -OCH3 is 1. The molecule has 1 aliphatic heterocycles. The number of benzene rings is 1. The minimum Gasteiger partial charge on any atom is -0.496 e. The summed E-state index contributed by atoms with van der Waals surface area (Å²) in [6.07, 6.45) is 1.73. The molecule has 2 aromatic rings. The van der Waals surface area contributed by atoms with Crippen LogP contribution in [0, 0.1) is 0 Å². The number of hydrogen-bond donors (Lipinski definition) is 1. The Hall–Kier alpha value is -1.68. The first-order valence-corrected chi connectivity index (χ1v) is 11.5. The van der Waals surface area contributed by atoms with Crippen LogP contribution in [0.2, 0.25) is 0 Å². The Balaban J connectivity index is 1.60. The van der Waals surface area contributed by atoms with Crippen LogP contribution in [-0.2, 0) is 16.6 Å². The van der Waals surface area contributed by atoms with E-state index < -0.39 is 10.0 Å². The summed E-state index contributed by atoms with van der Waals surface area (Å²) < 4.78 is 33.4. The van der Waals surface area contributed by atoms with Gasteiger partial charge in [0.1, 0.15) is 11.6 Å². The van der Waals surface area contributed by atoms with Crippen LogP contribution >= 0.6 is 15.9 Å². The van der Waals surface area contributed by atoms with Gasteiger partial charge in [-0.2, -0.15) is 0 Å². The Bertz CT molecular complexity index is 898. The third kappa shape index (κ3) is 5.02. The number of piperazine rings is 1. The van der Waals surface area contributed by atoms with Gasteiger partial charge in [0.15, 0.2) is 0 Å². The summed E-state index contributed by atoms with van der Waals surface area (Å²) >= 11 is 3.31. The lowest BCUT2D eigenvalue weighted by atomic mass is 10.2. The zero-order valence-corrected chi connectivity index (χ0v) is 18.5. The molecule has 0 bridgehead atoms. The van der Waals surface area contributed by atoms with E-state index in [2.05, 4.69) is 42.4 Å². The van der Waals surface area contributed by atoms with Crippen LogP contribution in [0.1, 0.15) is 12.5 Å². The summed E-state index contributed by atoms with van der Waals surface area (Å²) in [4.78, 5) is 9.36. The molecule has 1 aromatic carbocycles. The van der Waals surface area contributed by atoms with Crippen LogP contribution in [0.4, 0.5) is 5.82 Å². The minimum atomic E-state index is -3.62. The van der Waals surface area contributed by atoms with Crippen LogP contribution < -0.4 is 14.4 Å². The number of nitrogens with zero attached hydrogens (tertiary/aromatic N) is 3. The largest absolute Gasteiger partial charge is 0.496 e. The number of hydrogen-bond acceptors (Lipinski definition) is 6. The van der Waals surface area contributed by atoms with E-state index in [1.807, 2.05) is 12.1 Å². The van der Waals surface area contributed by atoms with Gasteiger partial charge < -0.3 is 14.5 Å². The van der Waals surface area contributed by atoms with Crippen LogP contribution in [0.3, 0.4) is 0 Å². The normalized spacial score (nSPS) is 15.6. The Kier molecular flexibility index (Phi) is 6.92. The lowest BCUT2D eigenvalue weighted by Gasteiger charge is -2.34. The molecule has 1 saturated heterocycles. The maximum absolute atomic E-state index is 12.5. The smallest absolute Gasteiger partial charge is 0.240 e. The van der Waals surface area contributed by atoms with Gasteiger partial charge in [-0.3, -0.25) is 0 Å². The van der Waals surface area contributed by atoms with Crippen LogP contribution in [0.5, 0.6) is 5.75 Å². The van der Waals surface area contributed by atoms with Crippen LogP contribution in [-0.4, -0.2) is 58.1 Å². The average Bonchev–Trinajstić information content (AvgIpc) is 2.72. The molecule has 0 spiro atoms. The molecule has 1 N–H and O–H groups in total. The molecule has 2 heterocycles. The number of anilines is 1. The van der Waals surface area contributed by atoms with Crippen molar-refractivity contribution in [2.45, 2.75) is 18.4 Å². The van der Waals surface area contributed by atoms with Gasteiger partial charge in [-0.05, 0) is 52.3 Å². The molecule has 28 heavy (non-hydrogen) atoms. The van der Waals surface area contributed by atoms with Crippen molar-refractivity contribution in [2.24, 2.45) is 0 Å². The summed E-state index contributed by atoms with van der Waals surface area (Å²) in [7, 11) is -2.09. The van der Waals surface area contributed by atoms with Gasteiger partial charge in [0.25, 0.3) is 0 Å². The Morgan fingerprint density at radius 1 is 1.18 bits per heavy atom. The molecule has 0 amide bonds. The van der Waals surface area contributed by atoms with E-state index in [4.69, 9.17) is 4.74 Å². The first kappa shape index (κ1) is 21.0. The summed E-state index contributed by atoms with van der Waals surface area (Å²) in [6, 6.07) is 8.53. The van der Waals surface area contributed by atoms with Gasteiger partial charge in [-0.15, -0.1) is 0 Å². The van der Waals surface area contributed by atoms with Crippen molar-refractivity contribution in [1.29, 1.82) is 0 Å². The Morgan fingerprint density at radius 3 is 2.50 bits per heavy atom. The molecule has 0 atom stereocenters. The van der Waals surface area contributed by atoms with E-state index in [-0.39, 0.29) is 11.4 Å². The monoisotopic (exact) mass is 468 g/mol. The second-order valence-corrected chi connectivity index (χ2v) is 9.19. The number of nitrogens with one attached hydrogen (secondary N) is 1. The van der Waals surface area contributed by atoms with E-state index in [9.17, 15) is 8.42 Å². The predicted octanol–water partition coefficient (Wildman–Crippen LogP) is 2.47. The molecule has 1 aliphatic rings. The first-order chi connectivity index (χ1) is 13.4. The summed E-state index contributed by atoms with van der Waals surface area (Å²) in [5.41, 5.74) is 0.812. The number of ether oxygens (including phenoxy) is 1. The van der Waals surface area contributed by atoms with Gasteiger partial charge >= 0.3 is 0 Å². The zero-order valence-electron chi connectivity index (χ0n) is 16.1. The zero-order chi connectivity index (χ0) is 20.1. The fraction of sp³-hybridized carbons (Fsp3) is 0.421. The first-order valence-electron chi connectivity index (χ1n) is 9.18. The third-order valence-electron chi connectivity index (χ3n) is 4.85. The Morgan fingerprint density at radius 2 is 1.93 bits per heavy atom. The molecule has 0 radical (unpaired) electrons. The molecule has 152 valence electrons. The maximum Gasteiger partial charge on any atom is 0.240 e. The highest BCUT2D eigenvalue weighted by molar-refractivity contribution is 9.10. The second-order valence-electron chi connectivity index (χ2n) is 6.57. The summed E-state index contributed by atoms with van der Waals surface area (Å²) in [5, 5.41) is 0. The minimum absolute atomic E-state index is 0.179. The molecule has 7 nitrogen and oxygen atoms in total. The molecule has 0 saturated carbocycles. The van der Waals surface area contributed by atoms with Crippen molar-refractivity contribution in [3.05, 3.63) is 46.6 Å². The van der Waals surface area contributed by atoms with Gasteiger partial charge in [-0.1, -0.05) is 13.0 Å². The van der Waals surface area contributed by atoms with Crippen molar-refractivity contribution >= 4 is 31.8 Å². The molecule has 9 heteroatoms. The third-order valence-corrected chi connectivity index (χ3v) is 6.87. The summed E-state index contributed by atoms with van der Waals surface area (Å²) in [6.45, 7) is 7.43. The molecular weight excluding hydrogens is 444 g/mol. The standard InChI is InChI=1S/C19H25BrN4O3S/c1-3-23-8-10-24(11-9-23)19-7-4-15(13-21-19)14-22-28(25,26)16-5-6-18(27-2)17(20)12-16/h4-7,12-13,22H,3,8-11,14H2,1-2H3. The van der Waals surface area contributed by atoms with Crippen molar-refractivity contribution in [3.8, 4) is 5.75 Å². The molecule has 1 fully saturated rings. The summed E-state index contributed by atoms with van der Waals surface area (Å²) in [5.74, 6) is 1.51. The molecule has 0 unspecified atom stereocenters. The second kappa shape index (κ2) is 9.21. The fourth-order valence-corrected chi connectivity index (χ4v) is 4.81. The lowest BCUT2D eigenvalue weighted by Crippen LogP contribution is -2.46. The van der Waals surface area contributed by atoms with E-state index in [0.717, 1.165) is 44.1 Å². The van der Waals surface area contributed by atoms with Crippen molar-refractivity contribution < 1.29 is 13.2 Å². The van der Waals surface area contributed by atoms with Crippen molar-refractivity contribution in [2.75, 3.05) is 44.7 Å². The topological polar surface area (TPSA) is 74.8 Å². The number of rotatable bonds is 7. The quantitative estimate of drug-likeness (QED) is 0.672. The van der Waals surface area contributed by atoms with E-state index >= 15 is 0 Å². The van der Waals surface area contributed by atoms with E-state index in [1.54, 1.807) is 12.3 Å². The average molecular weight is 469 g/mol. The van der Waals surface area contributed by atoms with E-state index in [0.29, 0.717) is 10.2 Å². The predicted molar refractivity (Wildman–Crippen MR) is 113 cm³/mol. The van der Waals surface area contributed by atoms with Gasteiger partial charge in [-0.25, -0.2) is 18.1 Å². The molecular formula is C19H25BrN4O3S. The molecule has 1 aromatic heterocycles. The van der Waals surface area contributed by atoms with E-state index in [1.165, 1.54) is 19.2 Å². The molecule has 3 rings (SSSR count).